The van der Waals surface area contributed by atoms with Crippen molar-refractivity contribution in [1.29, 1.82) is 0 Å². The van der Waals surface area contributed by atoms with Crippen LogP contribution in [0.3, 0.4) is 0 Å². The lowest BCUT2D eigenvalue weighted by Crippen LogP contribution is -2.32. The molecule has 0 spiro atoms. The van der Waals surface area contributed by atoms with Crippen LogP contribution in [-0.2, 0) is 4.79 Å². The minimum Gasteiger partial charge on any atom is -0.344 e. The lowest BCUT2D eigenvalue weighted by Gasteiger charge is -2.16. The van der Waals surface area contributed by atoms with Crippen molar-refractivity contribution >= 4 is 28.6 Å². The molecule has 28 heavy (non-hydrogen) atoms. The van der Waals surface area contributed by atoms with E-state index in [9.17, 15) is 14.0 Å². The normalized spacial score (nSPS) is 11.8. The van der Waals surface area contributed by atoms with Crippen LogP contribution in [0.1, 0.15) is 12.5 Å². The number of benzene rings is 2. The molecule has 0 bridgehead atoms. The summed E-state index contributed by atoms with van der Waals surface area (Å²) in [5.74, 6) is 1.65. The number of nitrogens with zero attached hydrogens (tertiary/aromatic N) is 2. The number of thioether (sulfide) groups is 1. The maximum atomic E-state index is 14.1. The highest BCUT2D eigenvalue weighted by Gasteiger charge is 2.20. The molecule has 1 aromatic heterocycles. The van der Waals surface area contributed by atoms with Gasteiger partial charge in [-0.2, -0.15) is 0 Å². The summed E-state index contributed by atoms with van der Waals surface area (Å²) in [5.41, 5.74) is 1.01. The van der Waals surface area contributed by atoms with Crippen molar-refractivity contribution in [1.82, 2.24) is 14.9 Å². The monoisotopic (exact) mass is 395 g/mol. The third-order valence-corrected chi connectivity index (χ3v) is 5.23. The summed E-state index contributed by atoms with van der Waals surface area (Å²) in [5, 5.41) is 2.77. The molecule has 2 aromatic carbocycles. The number of rotatable bonds is 5. The highest BCUT2D eigenvalue weighted by Crippen LogP contribution is 2.25. The number of hydrogen-bond acceptors (Lipinski definition) is 4. The average Bonchev–Trinajstić information content (AvgIpc) is 2.68. The number of nitrogens with one attached hydrogen (secondary N) is 1. The minimum atomic E-state index is -0.553. The predicted molar refractivity (Wildman–Crippen MR) is 109 cm³/mol. The van der Waals surface area contributed by atoms with E-state index in [2.05, 4.69) is 16.2 Å². The Morgan fingerprint density at radius 2 is 2.11 bits per heavy atom. The Morgan fingerprint density at radius 1 is 1.36 bits per heavy atom. The molecule has 0 radical (unpaired) electrons. The van der Waals surface area contributed by atoms with Gasteiger partial charge in [0, 0.05) is 0 Å². The van der Waals surface area contributed by atoms with E-state index < -0.39 is 11.1 Å². The van der Waals surface area contributed by atoms with Gasteiger partial charge in [0.2, 0.25) is 5.91 Å². The Morgan fingerprint density at radius 3 is 2.82 bits per heavy atom. The molecule has 1 N–H and O–H groups in total. The van der Waals surface area contributed by atoms with Crippen molar-refractivity contribution < 1.29 is 9.18 Å². The zero-order chi connectivity index (χ0) is 20.3. The number of aromatic nitrogens is 2. The molecule has 0 fully saturated rings. The summed E-state index contributed by atoms with van der Waals surface area (Å²) < 4.78 is 15.5. The van der Waals surface area contributed by atoms with E-state index in [0.717, 1.165) is 11.8 Å². The fourth-order valence-corrected chi connectivity index (χ4v) is 3.58. The van der Waals surface area contributed by atoms with Crippen molar-refractivity contribution in [2.24, 2.45) is 0 Å². The highest BCUT2D eigenvalue weighted by atomic mass is 32.2. The Balaban J connectivity index is 2.14. The second-order valence-corrected chi connectivity index (χ2v) is 7.48. The van der Waals surface area contributed by atoms with Crippen LogP contribution >= 0.6 is 11.8 Å². The standard InChI is InChI=1S/C21H18FN3O2S/c1-4-11-23-19(26)14(3)28-21-24-18-8-6-5-7-16(18)20(27)25(21)15-10-9-13(2)17(22)12-15/h1,5-10,12,14H,11H2,2-3H3,(H,23,26). The Bertz CT molecular complexity index is 1150. The predicted octanol–water partition coefficient (Wildman–Crippen LogP) is 3.06. The van der Waals surface area contributed by atoms with Gasteiger partial charge in [0.05, 0.1) is 28.4 Å². The van der Waals surface area contributed by atoms with Crippen molar-refractivity contribution in [2.45, 2.75) is 24.3 Å². The molecule has 3 aromatic rings. The first-order valence-electron chi connectivity index (χ1n) is 8.58. The number of fused-ring (bicyclic) bond motifs is 1. The maximum Gasteiger partial charge on any atom is 0.266 e. The summed E-state index contributed by atoms with van der Waals surface area (Å²) in [6, 6.07) is 11.5. The topological polar surface area (TPSA) is 64.0 Å². The third kappa shape index (κ3) is 3.92. The molecule has 1 unspecified atom stereocenters. The summed E-state index contributed by atoms with van der Waals surface area (Å²) in [6.45, 7) is 3.46. The second-order valence-electron chi connectivity index (χ2n) is 6.17. The van der Waals surface area contributed by atoms with E-state index in [1.54, 1.807) is 50.2 Å². The van der Waals surface area contributed by atoms with Crippen LogP contribution in [0.2, 0.25) is 0 Å². The molecular formula is C21H18FN3O2S. The van der Waals surface area contributed by atoms with Crippen LogP contribution in [0.5, 0.6) is 0 Å². The first kappa shape index (κ1) is 19.6. The van der Waals surface area contributed by atoms with Crippen LogP contribution in [0, 0.1) is 25.1 Å². The number of hydrogen-bond donors (Lipinski definition) is 1. The van der Waals surface area contributed by atoms with E-state index in [-0.39, 0.29) is 18.0 Å². The molecule has 142 valence electrons. The molecule has 7 heteroatoms. The summed E-state index contributed by atoms with van der Waals surface area (Å²) >= 11 is 1.11. The van der Waals surface area contributed by atoms with Crippen molar-refractivity contribution in [3.8, 4) is 18.0 Å². The van der Waals surface area contributed by atoms with Crippen LogP contribution < -0.4 is 10.9 Å². The summed E-state index contributed by atoms with van der Waals surface area (Å²) in [4.78, 5) is 29.9. The number of carbonyl (C=O) groups is 1. The molecule has 3 rings (SSSR count). The van der Waals surface area contributed by atoms with Crippen molar-refractivity contribution in [2.75, 3.05) is 6.54 Å². The van der Waals surface area contributed by atoms with Gasteiger partial charge in [-0.15, -0.1) is 6.42 Å². The lowest BCUT2D eigenvalue weighted by atomic mass is 10.2. The van der Waals surface area contributed by atoms with Gasteiger partial charge >= 0.3 is 0 Å². The molecular weight excluding hydrogens is 377 g/mol. The van der Waals surface area contributed by atoms with Gasteiger partial charge < -0.3 is 5.32 Å². The van der Waals surface area contributed by atoms with E-state index in [1.807, 2.05) is 0 Å². The Labute approximate surface area is 166 Å². The first-order valence-corrected chi connectivity index (χ1v) is 9.46. The van der Waals surface area contributed by atoms with Crippen LogP contribution in [0.4, 0.5) is 4.39 Å². The summed E-state index contributed by atoms with van der Waals surface area (Å²) in [7, 11) is 0. The van der Waals surface area contributed by atoms with Gasteiger partial charge in [-0.1, -0.05) is 35.9 Å². The number of terminal acetylenes is 1. The SMILES string of the molecule is C#CCNC(=O)C(C)Sc1nc2ccccc2c(=O)n1-c1ccc(C)c(F)c1. The number of halogens is 1. The molecule has 0 saturated heterocycles. The Kier molecular flexibility index (Phi) is 5.81. The van der Waals surface area contributed by atoms with Crippen molar-refractivity contribution in [3.05, 3.63) is 64.2 Å². The molecule has 1 atom stereocenters. The van der Waals surface area contributed by atoms with Crippen molar-refractivity contribution in [3.63, 3.8) is 0 Å². The lowest BCUT2D eigenvalue weighted by molar-refractivity contribution is -0.120. The van der Waals surface area contributed by atoms with Gasteiger partial charge in [0.25, 0.3) is 5.56 Å². The fourth-order valence-electron chi connectivity index (χ4n) is 2.63. The maximum absolute atomic E-state index is 14.1. The number of para-hydroxylation sites is 1. The number of carbonyl (C=O) groups excluding carboxylic acids is 1. The molecule has 1 heterocycles. The highest BCUT2D eigenvalue weighted by molar-refractivity contribution is 8.00. The number of amides is 1. The molecule has 0 saturated carbocycles. The van der Waals surface area contributed by atoms with Gasteiger partial charge in [-0.3, -0.25) is 14.2 Å². The molecule has 5 nitrogen and oxygen atoms in total. The van der Waals surface area contributed by atoms with Gasteiger partial charge in [-0.05, 0) is 43.7 Å². The zero-order valence-electron chi connectivity index (χ0n) is 15.4. The van der Waals surface area contributed by atoms with Crippen LogP contribution in [0.15, 0.2) is 52.4 Å². The van der Waals surface area contributed by atoms with Gasteiger partial charge in [0.1, 0.15) is 5.82 Å². The largest absolute Gasteiger partial charge is 0.344 e. The quantitative estimate of drug-likeness (QED) is 0.410. The molecule has 0 aliphatic rings. The average molecular weight is 395 g/mol. The van der Waals surface area contributed by atoms with Gasteiger partial charge in [-0.25, -0.2) is 9.37 Å². The fraction of sp³-hybridized carbons (Fsp3) is 0.190. The third-order valence-electron chi connectivity index (χ3n) is 4.17. The van der Waals surface area contributed by atoms with E-state index in [0.29, 0.717) is 27.3 Å². The van der Waals surface area contributed by atoms with E-state index in [1.165, 1.54) is 10.6 Å². The Hall–Kier alpha value is -3.11. The first-order chi connectivity index (χ1) is 13.4. The smallest absolute Gasteiger partial charge is 0.266 e. The van der Waals surface area contributed by atoms with Crippen LogP contribution in [0.25, 0.3) is 16.6 Å². The molecule has 0 aliphatic carbocycles. The van der Waals surface area contributed by atoms with E-state index in [4.69, 9.17) is 6.42 Å². The van der Waals surface area contributed by atoms with E-state index >= 15 is 0 Å². The number of aryl methyl sites for hydroxylation is 1. The molecule has 0 aliphatic heterocycles. The second kappa shape index (κ2) is 8.28. The van der Waals surface area contributed by atoms with Gasteiger partial charge in [0.15, 0.2) is 5.16 Å². The zero-order valence-corrected chi connectivity index (χ0v) is 16.2. The summed E-state index contributed by atoms with van der Waals surface area (Å²) in [6.07, 6.45) is 5.17. The molecule has 1 amide bonds. The minimum absolute atomic E-state index is 0.116. The van der Waals surface area contributed by atoms with Crippen LogP contribution in [-0.4, -0.2) is 27.3 Å².